The fourth-order valence-electron chi connectivity index (χ4n) is 2.61. The molecular formula is C17H20ClF2N3O2S. The molecule has 26 heavy (non-hydrogen) atoms. The lowest BCUT2D eigenvalue weighted by Gasteiger charge is -2.31. The smallest absolute Gasteiger partial charge is 0.387 e. The molecule has 1 aliphatic rings. The molecule has 5 nitrogen and oxygen atoms in total. The molecular weight excluding hydrogens is 384 g/mol. The molecule has 1 fully saturated rings. The van der Waals surface area contributed by atoms with Gasteiger partial charge in [-0.3, -0.25) is 4.79 Å². The first-order valence-corrected chi connectivity index (χ1v) is 8.80. The number of alkyl halides is 2. The predicted molar refractivity (Wildman–Crippen MR) is 100 cm³/mol. The molecule has 1 saturated heterocycles. The van der Waals surface area contributed by atoms with Gasteiger partial charge >= 0.3 is 6.61 Å². The zero-order chi connectivity index (χ0) is 18.0. The van der Waals surface area contributed by atoms with E-state index in [1.165, 1.54) is 23.5 Å². The van der Waals surface area contributed by atoms with E-state index in [2.05, 4.69) is 20.4 Å². The van der Waals surface area contributed by atoms with Crippen LogP contribution in [0.3, 0.4) is 0 Å². The lowest BCUT2D eigenvalue weighted by molar-refractivity contribution is -0.121. The van der Waals surface area contributed by atoms with Gasteiger partial charge in [-0.05, 0) is 50.2 Å². The van der Waals surface area contributed by atoms with Crippen LogP contribution in [0.25, 0.3) is 11.3 Å². The Labute approximate surface area is 160 Å². The Hall–Kier alpha value is -1.77. The van der Waals surface area contributed by atoms with Gasteiger partial charge in [0.1, 0.15) is 5.75 Å². The van der Waals surface area contributed by atoms with Crippen molar-refractivity contribution in [3.63, 3.8) is 0 Å². The second kappa shape index (κ2) is 8.75. The van der Waals surface area contributed by atoms with Crippen LogP contribution >= 0.6 is 23.7 Å². The Morgan fingerprint density at radius 3 is 2.54 bits per heavy atom. The van der Waals surface area contributed by atoms with Gasteiger partial charge < -0.3 is 15.4 Å². The topological polar surface area (TPSA) is 63.2 Å². The Bertz CT molecular complexity index is 751. The number of thiazole rings is 1. The molecule has 1 atom stereocenters. The molecule has 2 aromatic rings. The third-order valence-corrected chi connectivity index (χ3v) is 5.20. The minimum Gasteiger partial charge on any atom is -0.435 e. The number of rotatable bonds is 6. The molecule has 1 amide bonds. The van der Waals surface area contributed by atoms with E-state index >= 15 is 0 Å². The molecule has 2 heterocycles. The summed E-state index contributed by atoms with van der Waals surface area (Å²) < 4.78 is 28.8. The van der Waals surface area contributed by atoms with Gasteiger partial charge in [0.05, 0.1) is 5.69 Å². The molecule has 0 bridgehead atoms. The fraction of sp³-hybridized carbons (Fsp3) is 0.412. The molecule has 142 valence electrons. The summed E-state index contributed by atoms with van der Waals surface area (Å²) in [6.45, 7) is 2.71. The zero-order valence-electron chi connectivity index (χ0n) is 14.3. The van der Waals surface area contributed by atoms with Crippen molar-refractivity contribution in [1.82, 2.24) is 10.3 Å². The third-order valence-electron chi connectivity index (χ3n) is 4.31. The Balaban J connectivity index is 0.00000243. The number of halogens is 3. The van der Waals surface area contributed by atoms with E-state index in [0.717, 1.165) is 29.2 Å². The molecule has 0 aliphatic carbocycles. The summed E-state index contributed by atoms with van der Waals surface area (Å²) in [6.07, 6.45) is 0. The average Bonchev–Trinajstić information content (AvgIpc) is 2.86. The number of hydrogen-bond acceptors (Lipinski definition) is 5. The van der Waals surface area contributed by atoms with Gasteiger partial charge in [-0.2, -0.15) is 8.78 Å². The summed E-state index contributed by atoms with van der Waals surface area (Å²) in [5.41, 5.74) is 1.51. The lowest BCUT2D eigenvalue weighted by Crippen LogP contribution is -2.48. The Morgan fingerprint density at radius 2 is 2.00 bits per heavy atom. The molecule has 1 aromatic carbocycles. The SMILES string of the molecule is Cc1sc(NC(=O)C(C)C2CNC2)nc1-c1ccc(OC(F)F)cc1.Cl. The molecule has 0 radical (unpaired) electrons. The molecule has 0 saturated carbocycles. The summed E-state index contributed by atoms with van der Waals surface area (Å²) in [7, 11) is 0. The first-order valence-electron chi connectivity index (χ1n) is 7.98. The number of aromatic nitrogens is 1. The highest BCUT2D eigenvalue weighted by molar-refractivity contribution is 7.16. The van der Waals surface area contributed by atoms with Crippen molar-refractivity contribution in [1.29, 1.82) is 0 Å². The lowest BCUT2D eigenvalue weighted by atomic mass is 9.88. The van der Waals surface area contributed by atoms with Crippen LogP contribution in [0.4, 0.5) is 13.9 Å². The van der Waals surface area contributed by atoms with Crippen molar-refractivity contribution in [2.24, 2.45) is 11.8 Å². The average molecular weight is 404 g/mol. The van der Waals surface area contributed by atoms with E-state index in [4.69, 9.17) is 0 Å². The number of nitrogens with zero attached hydrogens (tertiary/aromatic N) is 1. The molecule has 1 aliphatic heterocycles. The van der Waals surface area contributed by atoms with E-state index in [0.29, 0.717) is 11.0 Å². The number of aryl methyl sites for hydroxylation is 1. The molecule has 9 heteroatoms. The standard InChI is InChI=1S/C17H19F2N3O2S.ClH/c1-9(12-7-20-8-12)15(23)22-17-21-14(10(2)25-17)11-3-5-13(6-4-11)24-16(18)19;/h3-6,9,12,16,20H,7-8H2,1-2H3,(H,21,22,23);1H. The van der Waals surface area contributed by atoms with Gasteiger partial charge in [0.15, 0.2) is 5.13 Å². The van der Waals surface area contributed by atoms with Crippen LogP contribution in [-0.4, -0.2) is 30.6 Å². The van der Waals surface area contributed by atoms with Gasteiger partial charge in [-0.15, -0.1) is 23.7 Å². The highest BCUT2D eigenvalue weighted by Crippen LogP contribution is 2.32. The summed E-state index contributed by atoms with van der Waals surface area (Å²) >= 11 is 1.40. The maximum Gasteiger partial charge on any atom is 0.387 e. The summed E-state index contributed by atoms with van der Waals surface area (Å²) in [5, 5.41) is 6.58. The highest BCUT2D eigenvalue weighted by Gasteiger charge is 2.29. The van der Waals surface area contributed by atoms with Crippen molar-refractivity contribution >= 4 is 34.8 Å². The minimum absolute atomic E-state index is 0. The van der Waals surface area contributed by atoms with Gasteiger partial charge in [0.2, 0.25) is 5.91 Å². The highest BCUT2D eigenvalue weighted by atomic mass is 35.5. The van der Waals surface area contributed by atoms with Crippen molar-refractivity contribution in [3.8, 4) is 17.0 Å². The maximum atomic E-state index is 12.3. The normalized spacial score (nSPS) is 15.1. The summed E-state index contributed by atoms with van der Waals surface area (Å²) in [5.74, 6) is 0.359. The molecule has 1 aromatic heterocycles. The maximum absolute atomic E-state index is 12.3. The van der Waals surface area contributed by atoms with Crippen LogP contribution in [-0.2, 0) is 4.79 Å². The van der Waals surface area contributed by atoms with Gasteiger partial charge in [0, 0.05) is 16.4 Å². The number of carbonyl (C=O) groups excluding carboxylic acids is 1. The molecule has 1 unspecified atom stereocenters. The summed E-state index contributed by atoms with van der Waals surface area (Å²) in [4.78, 5) is 17.7. The Kier molecular flexibility index (Phi) is 6.91. The van der Waals surface area contributed by atoms with Crippen molar-refractivity contribution < 1.29 is 18.3 Å². The minimum atomic E-state index is -2.85. The molecule has 0 spiro atoms. The van der Waals surface area contributed by atoms with E-state index in [9.17, 15) is 13.6 Å². The van der Waals surface area contributed by atoms with Crippen LogP contribution in [0.2, 0.25) is 0 Å². The van der Waals surface area contributed by atoms with Crippen molar-refractivity contribution in [3.05, 3.63) is 29.1 Å². The van der Waals surface area contributed by atoms with E-state index in [1.54, 1.807) is 12.1 Å². The van der Waals surface area contributed by atoms with Gasteiger partial charge in [0.25, 0.3) is 0 Å². The largest absolute Gasteiger partial charge is 0.435 e. The van der Waals surface area contributed by atoms with E-state index in [-0.39, 0.29) is 30.0 Å². The van der Waals surface area contributed by atoms with E-state index < -0.39 is 6.61 Å². The van der Waals surface area contributed by atoms with Crippen LogP contribution in [0, 0.1) is 18.8 Å². The number of benzene rings is 1. The second-order valence-electron chi connectivity index (χ2n) is 6.02. The first kappa shape index (κ1) is 20.5. The number of nitrogens with one attached hydrogen (secondary N) is 2. The van der Waals surface area contributed by atoms with Gasteiger partial charge in [-0.1, -0.05) is 6.92 Å². The second-order valence-corrected chi connectivity index (χ2v) is 7.23. The number of amides is 1. The molecule has 3 rings (SSSR count). The number of anilines is 1. The monoisotopic (exact) mass is 403 g/mol. The quantitative estimate of drug-likeness (QED) is 0.767. The van der Waals surface area contributed by atoms with Crippen molar-refractivity contribution in [2.45, 2.75) is 20.5 Å². The number of carbonyl (C=O) groups is 1. The van der Waals surface area contributed by atoms with Crippen LogP contribution in [0.15, 0.2) is 24.3 Å². The summed E-state index contributed by atoms with van der Waals surface area (Å²) in [6, 6.07) is 6.30. The van der Waals surface area contributed by atoms with E-state index in [1.807, 2.05) is 13.8 Å². The van der Waals surface area contributed by atoms with Crippen molar-refractivity contribution in [2.75, 3.05) is 18.4 Å². The van der Waals surface area contributed by atoms with Crippen LogP contribution in [0.5, 0.6) is 5.75 Å². The first-order chi connectivity index (χ1) is 11.9. The van der Waals surface area contributed by atoms with Crippen LogP contribution in [0.1, 0.15) is 11.8 Å². The van der Waals surface area contributed by atoms with Crippen LogP contribution < -0.4 is 15.4 Å². The predicted octanol–water partition coefficient (Wildman–Crippen LogP) is 3.94. The number of hydrogen-bond donors (Lipinski definition) is 2. The third kappa shape index (κ3) is 4.69. The molecule has 2 N–H and O–H groups in total. The zero-order valence-corrected chi connectivity index (χ0v) is 15.9. The number of ether oxygens (including phenoxy) is 1. The van der Waals surface area contributed by atoms with Gasteiger partial charge in [-0.25, -0.2) is 4.98 Å². The Morgan fingerprint density at radius 1 is 1.35 bits per heavy atom. The fourth-order valence-corrected chi connectivity index (χ4v) is 3.45.